The van der Waals surface area contributed by atoms with Crippen LogP contribution in [0.5, 0.6) is 11.5 Å². The summed E-state index contributed by atoms with van der Waals surface area (Å²) in [5.74, 6) is 0.253. The second kappa shape index (κ2) is 6.04. The van der Waals surface area contributed by atoms with Crippen molar-refractivity contribution in [3.05, 3.63) is 42.0 Å². The van der Waals surface area contributed by atoms with Crippen LogP contribution < -0.4 is 20.5 Å². The van der Waals surface area contributed by atoms with Crippen molar-refractivity contribution in [2.45, 2.75) is 0 Å². The number of nitrogens with one attached hydrogen (secondary N) is 1. The van der Waals surface area contributed by atoms with Gasteiger partial charge >= 0.3 is 5.97 Å². The zero-order chi connectivity index (χ0) is 15.4. The lowest BCUT2D eigenvalue weighted by molar-refractivity contribution is 0.0698. The van der Waals surface area contributed by atoms with Crippen molar-refractivity contribution >= 4 is 23.0 Å². The molecule has 0 saturated carbocycles. The Morgan fingerprint density at radius 1 is 1.14 bits per heavy atom. The molecule has 0 aliphatic heterocycles. The van der Waals surface area contributed by atoms with E-state index >= 15 is 0 Å². The van der Waals surface area contributed by atoms with Crippen LogP contribution in [0.2, 0.25) is 0 Å². The van der Waals surface area contributed by atoms with Gasteiger partial charge in [-0.1, -0.05) is 0 Å². The van der Waals surface area contributed by atoms with E-state index in [0.29, 0.717) is 22.9 Å². The SMILES string of the molecule is COc1ccc(OC)c(Nc2ccc(C(=O)O)c(N)c2)c1. The Labute approximate surface area is 122 Å². The van der Waals surface area contributed by atoms with Crippen molar-refractivity contribution in [2.75, 3.05) is 25.3 Å². The van der Waals surface area contributed by atoms with Crippen LogP contribution in [0, 0.1) is 0 Å². The van der Waals surface area contributed by atoms with Crippen LogP contribution in [-0.4, -0.2) is 25.3 Å². The molecule has 6 heteroatoms. The van der Waals surface area contributed by atoms with Crippen molar-refractivity contribution < 1.29 is 19.4 Å². The van der Waals surface area contributed by atoms with Crippen LogP contribution in [0.4, 0.5) is 17.1 Å². The smallest absolute Gasteiger partial charge is 0.337 e. The maximum atomic E-state index is 10.9. The van der Waals surface area contributed by atoms with Gasteiger partial charge in [-0.25, -0.2) is 4.79 Å². The van der Waals surface area contributed by atoms with Gasteiger partial charge < -0.3 is 25.6 Å². The number of hydrogen-bond acceptors (Lipinski definition) is 5. The predicted molar refractivity (Wildman–Crippen MR) is 80.6 cm³/mol. The monoisotopic (exact) mass is 288 g/mol. The summed E-state index contributed by atoms with van der Waals surface area (Å²) in [4.78, 5) is 10.9. The summed E-state index contributed by atoms with van der Waals surface area (Å²) in [5, 5.41) is 12.1. The molecule has 21 heavy (non-hydrogen) atoms. The second-order valence-corrected chi connectivity index (χ2v) is 4.30. The first-order chi connectivity index (χ1) is 10.0. The lowest BCUT2D eigenvalue weighted by Gasteiger charge is -2.13. The standard InChI is InChI=1S/C15H16N2O4/c1-20-10-4-6-14(21-2)13(8-10)17-9-3-5-11(15(18)19)12(16)7-9/h3-8,17H,16H2,1-2H3,(H,18,19). The minimum Gasteiger partial charge on any atom is -0.497 e. The molecule has 0 amide bonds. The third-order valence-electron chi connectivity index (χ3n) is 2.97. The molecule has 0 unspecified atom stereocenters. The molecule has 0 spiro atoms. The Balaban J connectivity index is 2.33. The Bertz CT molecular complexity index is 671. The third kappa shape index (κ3) is 3.17. The van der Waals surface area contributed by atoms with Gasteiger partial charge in [-0.2, -0.15) is 0 Å². The summed E-state index contributed by atoms with van der Waals surface area (Å²) in [6.45, 7) is 0. The molecule has 4 N–H and O–H groups in total. The molecule has 0 saturated heterocycles. The van der Waals surface area contributed by atoms with Crippen LogP contribution in [0.25, 0.3) is 0 Å². The van der Waals surface area contributed by atoms with E-state index in [-0.39, 0.29) is 11.3 Å². The quantitative estimate of drug-likeness (QED) is 0.732. The largest absolute Gasteiger partial charge is 0.497 e. The fourth-order valence-corrected chi connectivity index (χ4v) is 1.90. The number of nitrogens with two attached hydrogens (primary N) is 1. The van der Waals surface area contributed by atoms with Gasteiger partial charge in [0.05, 0.1) is 25.5 Å². The highest BCUT2D eigenvalue weighted by Crippen LogP contribution is 2.32. The summed E-state index contributed by atoms with van der Waals surface area (Å²) >= 11 is 0. The first-order valence-electron chi connectivity index (χ1n) is 6.17. The molecule has 2 rings (SSSR count). The number of rotatable bonds is 5. The molecule has 0 fully saturated rings. The summed E-state index contributed by atoms with van der Waals surface area (Å²) < 4.78 is 10.4. The van der Waals surface area contributed by atoms with Gasteiger partial charge in [0.15, 0.2) is 0 Å². The number of carboxylic acid groups (broad SMARTS) is 1. The molecule has 6 nitrogen and oxygen atoms in total. The zero-order valence-electron chi connectivity index (χ0n) is 11.7. The summed E-state index contributed by atoms with van der Waals surface area (Å²) in [7, 11) is 3.14. The van der Waals surface area contributed by atoms with Crippen molar-refractivity contribution in [1.29, 1.82) is 0 Å². The first-order valence-corrected chi connectivity index (χ1v) is 6.17. The van der Waals surface area contributed by atoms with Crippen molar-refractivity contribution in [3.8, 4) is 11.5 Å². The lowest BCUT2D eigenvalue weighted by atomic mass is 10.1. The average molecular weight is 288 g/mol. The second-order valence-electron chi connectivity index (χ2n) is 4.30. The zero-order valence-corrected chi connectivity index (χ0v) is 11.7. The normalized spacial score (nSPS) is 10.0. The van der Waals surface area contributed by atoms with Gasteiger partial charge in [0.2, 0.25) is 0 Å². The topological polar surface area (TPSA) is 93.8 Å². The summed E-state index contributed by atoms with van der Waals surface area (Å²) in [5.41, 5.74) is 7.33. The number of nitrogen functional groups attached to an aromatic ring is 1. The Morgan fingerprint density at radius 2 is 1.90 bits per heavy atom. The van der Waals surface area contributed by atoms with E-state index < -0.39 is 5.97 Å². The van der Waals surface area contributed by atoms with E-state index in [2.05, 4.69) is 5.32 Å². The van der Waals surface area contributed by atoms with E-state index in [9.17, 15) is 4.79 Å². The maximum Gasteiger partial charge on any atom is 0.337 e. The number of hydrogen-bond donors (Lipinski definition) is 3. The number of aromatic carboxylic acids is 1. The van der Waals surface area contributed by atoms with Gasteiger partial charge in [-0.05, 0) is 30.3 Å². The minimum atomic E-state index is -1.06. The van der Waals surface area contributed by atoms with Crippen molar-refractivity contribution in [1.82, 2.24) is 0 Å². The molecule has 0 radical (unpaired) electrons. The fraction of sp³-hybridized carbons (Fsp3) is 0.133. The van der Waals surface area contributed by atoms with Gasteiger partial charge in [0.25, 0.3) is 0 Å². The molecule has 2 aromatic carbocycles. The van der Waals surface area contributed by atoms with E-state index in [0.717, 1.165) is 0 Å². The third-order valence-corrected chi connectivity index (χ3v) is 2.97. The van der Waals surface area contributed by atoms with Crippen molar-refractivity contribution in [2.24, 2.45) is 0 Å². The maximum absolute atomic E-state index is 10.9. The summed E-state index contributed by atoms with van der Waals surface area (Å²) in [6, 6.07) is 9.98. The number of carboxylic acids is 1. The average Bonchev–Trinajstić information content (AvgIpc) is 2.46. The molecule has 0 heterocycles. The lowest BCUT2D eigenvalue weighted by Crippen LogP contribution is -2.03. The molecule has 0 bridgehead atoms. The summed E-state index contributed by atoms with van der Waals surface area (Å²) in [6.07, 6.45) is 0. The number of anilines is 3. The molecule has 110 valence electrons. The predicted octanol–water partition coefficient (Wildman–Crippen LogP) is 2.73. The van der Waals surface area contributed by atoms with Crippen LogP contribution in [0.3, 0.4) is 0 Å². The Kier molecular flexibility index (Phi) is 4.18. The van der Waals surface area contributed by atoms with Crippen molar-refractivity contribution in [3.63, 3.8) is 0 Å². The van der Waals surface area contributed by atoms with Gasteiger partial charge in [0, 0.05) is 17.4 Å². The van der Waals surface area contributed by atoms with E-state index in [1.54, 1.807) is 44.6 Å². The van der Waals surface area contributed by atoms with Gasteiger partial charge in [-0.15, -0.1) is 0 Å². The molecular weight excluding hydrogens is 272 g/mol. The van der Waals surface area contributed by atoms with Crippen LogP contribution in [0.1, 0.15) is 10.4 Å². The Hall–Kier alpha value is -2.89. The molecule has 0 aromatic heterocycles. The minimum absolute atomic E-state index is 0.0677. The highest BCUT2D eigenvalue weighted by Gasteiger charge is 2.10. The van der Waals surface area contributed by atoms with E-state index in [1.165, 1.54) is 6.07 Å². The fourth-order valence-electron chi connectivity index (χ4n) is 1.90. The highest BCUT2D eigenvalue weighted by molar-refractivity contribution is 5.94. The van der Waals surface area contributed by atoms with Crippen LogP contribution in [-0.2, 0) is 0 Å². The van der Waals surface area contributed by atoms with E-state index in [4.69, 9.17) is 20.3 Å². The van der Waals surface area contributed by atoms with Crippen LogP contribution in [0.15, 0.2) is 36.4 Å². The molecule has 0 aliphatic carbocycles. The highest BCUT2D eigenvalue weighted by atomic mass is 16.5. The van der Waals surface area contributed by atoms with E-state index in [1.807, 2.05) is 0 Å². The number of benzene rings is 2. The first kappa shape index (κ1) is 14.5. The van der Waals surface area contributed by atoms with Crippen LogP contribution >= 0.6 is 0 Å². The number of carbonyl (C=O) groups is 1. The number of ether oxygens (including phenoxy) is 2. The number of methoxy groups -OCH3 is 2. The Morgan fingerprint density at radius 3 is 2.48 bits per heavy atom. The molecule has 2 aromatic rings. The molecule has 0 atom stereocenters. The molecule has 0 aliphatic rings. The van der Waals surface area contributed by atoms with Gasteiger partial charge in [-0.3, -0.25) is 0 Å². The molecular formula is C15H16N2O4. The van der Waals surface area contributed by atoms with Gasteiger partial charge in [0.1, 0.15) is 11.5 Å².